The van der Waals surface area contributed by atoms with Crippen molar-refractivity contribution in [2.24, 2.45) is 0 Å². The monoisotopic (exact) mass is 440 g/mol. The van der Waals surface area contributed by atoms with Gasteiger partial charge in [0.2, 0.25) is 5.91 Å². The Morgan fingerprint density at radius 2 is 1.74 bits per heavy atom. The summed E-state index contributed by atoms with van der Waals surface area (Å²) >= 11 is 5.99. The van der Waals surface area contributed by atoms with E-state index < -0.39 is 0 Å². The molecule has 5 nitrogen and oxygen atoms in total. The van der Waals surface area contributed by atoms with Crippen LogP contribution in [0.1, 0.15) is 49.3 Å². The highest BCUT2D eigenvalue weighted by Gasteiger charge is 2.27. The normalized spacial score (nSPS) is 11.6. The van der Waals surface area contributed by atoms with Crippen molar-refractivity contribution in [1.29, 1.82) is 0 Å². The third-order valence-corrected chi connectivity index (χ3v) is 5.84. The van der Waals surface area contributed by atoms with E-state index in [4.69, 9.17) is 16.3 Å². The fourth-order valence-electron chi connectivity index (χ4n) is 4.07. The molecule has 0 aliphatic carbocycles. The lowest BCUT2D eigenvalue weighted by Gasteiger charge is -2.35. The van der Waals surface area contributed by atoms with E-state index in [9.17, 15) is 9.59 Å². The molecule has 0 saturated heterocycles. The van der Waals surface area contributed by atoms with Crippen LogP contribution in [0, 0.1) is 6.92 Å². The smallest absolute Gasteiger partial charge is 0.242 e. The molecule has 0 unspecified atom stereocenters. The molecule has 6 heteroatoms. The summed E-state index contributed by atoms with van der Waals surface area (Å²) in [5.74, 6) is 0.578. The Balaban J connectivity index is 2.15. The average molecular weight is 441 g/mol. The molecule has 3 aromatic rings. The van der Waals surface area contributed by atoms with Gasteiger partial charge in [-0.05, 0) is 71.0 Å². The SMILES string of the molecule is CCN(C(=O)Cn1c(C)c(C(=O)c2ccc(Cl)cc2)c2ccc(OC)cc21)C(C)(C)C. The highest BCUT2D eigenvalue weighted by Crippen LogP contribution is 2.31. The van der Waals surface area contributed by atoms with Gasteiger partial charge in [-0.3, -0.25) is 9.59 Å². The molecule has 31 heavy (non-hydrogen) atoms. The number of aromatic nitrogens is 1. The van der Waals surface area contributed by atoms with Crippen molar-refractivity contribution < 1.29 is 14.3 Å². The summed E-state index contributed by atoms with van der Waals surface area (Å²) < 4.78 is 7.32. The summed E-state index contributed by atoms with van der Waals surface area (Å²) in [6.07, 6.45) is 0. The number of rotatable bonds is 6. The van der Waals surface area contributed by atoms with Crippen LogP contribution in [0.4, 0.5) is 0 Å². The molecule has 0 aliphatic heterocycles. The first-order valence-electron chi connectivity index (χ1n) is 10.4. The minimum atomic E-state index is -0.289. The van der Waals surface area contributed by atoms with Crippen LogP contribution in [0.25, 0.3) is 10.9 Å². The summed E-state index contributed by atoms with van der Waals surface area (Å²) in [5.41, 5.74) is 2.40. The summed E-state index contributed by atoms with van der Waals surface area (Å²) in [6, 6.07) is 12.5. The van der Waals surface area contributed by atoms with Gasteiger partial charge in [-0.1, -0.05) is 11.6 Å². The Morgan fingerprint density at radius 3 is 2.29 bits per heavy atom. The second-order valence-electron chi connectivity index (χ2n) is 8.57. The molecule has 0 saturated carbocycles. The maximum absolute atomic E-state index is 13.4. The Morgan fingerprint density at radius 1 is 1.10 bits per heavy atom. The topological polar surface area (TPSA) is 51.5 Å². The van der Waals surface area contributed by atoms with E-state index in [-0.39, 0.29) is 23.8 Å². The van der Waals surface area contributed by atoms with Crippen LogP contribution in [0.3, 0.4) is 0 Å². The number of halogens is 1. The molecule has 164 valence electrons. The lowest BCUT2D eigenvalue weighted by atomic mass is 10.0. The van der Waals surface area contributed by atoms with Crippen molar-refractivity contribution in [3.63, 3.8) is 0 Å². The largest absolute Gasteiger partial charge is 0.497 e. The van der Waals surface area contributed by atoms with Gasteiger partial charge in [0.1, 0.15) is 12.3 Å². The number of carbonyl (C=O) groups is 2. The number of carbonyl (C=O) groups excluding carboxylic acids is 2. The van der Waals surface area contributed by atoms with E-state index >= 15 is 0 Å². The first-order chi connectivity index (χ1) is 14.6. The highest BCUT2D eigenvalue weighted by atomic mass is 35.5. The van der Waals surface area contributed by atoms with Crippen LogP contribution >= 0.6 is 11.6 Å². The average Bonchev–Trinajstić information content (AvgIpc) is 2.98. The van der Waals surface area contributed by atoms with Crippen molar-refractivity contribution in [3.05, 3.63) is 64.3 Å². The molecule has 3 rings (SSSR count). The number of fused-ring (bicyclic) bond motifs is 1. The predicted octanol–water partition coefficient (Wildman–Crippen LogP) is 5.49. The summed E-state index contributed by atoms with van der Waals surface area (Å²) in [5, 5.41) is 1.37. The Bertz CT molecular complexity index is 1120. The van der Waals surface area contributed by atoms with Crippen LogP contribution in [0.15, 0.2) is 42.5 Å². The number of hydrogen-bond donors (Lipinski definition) is 0. The van der Waals surface area contributed by atoms with Gasteiger partial charge in [0, 0.05) is 39.8 Å². The van der Waals surface area contributed by atoms with Crippen molar-refractivity contribution in [1.82, 2.24) is 9.47 Å². The van der Waals surface area contributed by atoms with E-state index in [1.807, 2.05) is 62.3 Å². The zero-order valence-corrected chi connectivity index (χ0v) is 19.7. The first kappa shape index (κ1) is 22.9. The van der Waals surface area contributed by atoms with E-state index in [1.165, 1.54) is 0 Å². The molecule has 2 aromatic carbocycles. The zero-order valence-electron chi connectivity index (χ0n) is 19.0. The van der Waals surface area contributed by atoms with Crippen molar-refractivity contribution >= 4 is 34.2 Å². The molecule has 0 bridgehead atoms. The molecule has 0 fully saturated rings. The third-order valence-electron chi connectivity index (χ3n) is 5.59. The minimum Gasteiger partial charge on any atom is -0.497 e. The molecular weight excluding hydrogens is 412 g/mol. The van der Waals surface area contributed by atoms with Gasteiger partial charge < -0.3 is 14.2 Å². The van der Waals surface area contributed by atoms with E-state index in [1.54, 1.807) is 31.4 Å². The van der Waals surface area contributed by atoms with Gasteiger partial charge in [-0.2, -0.15) is 0 Å². The van der Waals surface area contributed by atoms with Gasteiger partial charge >= 0.3 is 0 Å². The van der Waals surface area contributed by atoms with Crippen LogP contribution in [0.5, 0.6) is 5.75 Å². The van der Waals surface area contributed by atoms with Crippen LogP contribution < -0.4 is 4.74 Å². The first-order valence-corrected chi connectivity index (χ1v) is 10.7. The predicted molar refractivity (Wildman–Crippen MR) is 125 cm³/mol. The molecule has 0 atom stereocenters. The fraction of sp³-hybridized carbons (Fsp3) is 0.360. The molecule has 1 aromatic heterocycles. The fourth-order valence-corrected chi connectivity index (χ4v) is 4.19. The standard InChI is InChI=1S/C25H29ClN2O3/c1-7-28(25(3,4)5)22(29)15-27-16(2)23(20-13-12-19(31-6)14-21(20)27)24(30)17-8-10-18(26)11-9-17/h8-14H,7,15H2,1-6H3. The number of hydrogen-bond acceptors (Lipinski definition) is 3. The van der Waals surface area contributed by atoms with Gasteiger partial charge in [-0.25, -0.2) is 0 Å². The van der Waals surface area contributed by atoms with Crippen LogP contribution in [-0.4, -0.2) is 40.4 Å². The summed E-state index contributed by atoms with van der Waals surface area (Å²) in [7, 11) is 1.60. The molecule has 1 heterocycles. The Hall–Kier alpha value is -2.79. The molecule has 1 amide bonds. The van der Waals surface area contributed by atoms with Crippen molar-refractivity contribution in [2.75, 3.05) is 13.7 Å². The number of methoxy groups -OCH3 is 1. The van der Waals surface area contributed by atoms with Gasteiger partial charge in [-0.15, -0.1) is 0 Å². The summed E-state index contributed by atoms with van der Waals surface area (Å²) in [6.45, 7) is 10.7. The number of ketones is 1. The molecule has 0 radical (unpaired) electrons. The number of amides is 1. The second-order valence-corrected chi connectivity index (χ2v) is 9.01. The van der Waals surface area contributed by atoms with Crippen molar-refractivity contribution in [2.45, 2.75) is 46.7 Å². The second kappa shape index (κ2) is 8.75. The zero-order chi connectivity index (χ0) is 22.9. The lowest BCUT2D eigenvalue weighted by Crippen LogP contribution is -2.46. The van der Waals surface area contributed by atoms with Crippen molar-refractivity contribution in [3.8, 4) is 5.75 Å². The van der Waals surface area contributed by atoms with Gasteiger partial charge in [0.15, 0.2) is 5.78 Å². The van der Waals surface area contributed by atoms with Crippen LogP contribution in [0.2, 0.25) is 5.02 Å². The van der Waals surface area contributed by atoms with Crippen LogP contribution in [-0.2, 0) is 11.3 Å². The Labute approximate surface area is 188 Å². The third kappa shape index (κ3) is 4.47. The van der Waals surface area contributed by atoms with Gasteiger partial charge in [0.05, 0.1) is 18.2 Å². The maximum atomic E-state index is 13.4. The maximum Gasteiger partial charge on any atom is 0.242 e. The minimum absolute atomic E-state index is 0.00307. The highest BCUT2D eigenvalue weighted by molar-refractivity contribution is 6.30. The van der Waals surface area contributed by atoms with E-state index in [2.05, 4.69) is 0 Å². The lowest BCUT2D eigenvalue weighted by molar-refractivity contribution is -0.136. The summed E-state index contributed by atoms with van der Waals surface area (Å²) in [4.78, 5) is 28.5. The van der Waals surface area contributed by atoms with Gasteiger partial charge in [0.25, 0.3) is 0 Å². The molecule has 0 spiro atoms. The van der Waals surface area contributed by atoms with E-state index in [0.717, 1.165) is 16.6 Å². The number of nitrogens with zero attached hydrogens (tertiary/aromatic N) is 2. The number of benzene rings is 2. The Kier molecular flexibility index (Phi) is 6.46. The molecular formula is C25H29ClN2O3. The number of likely N-dealkylation sites (N-methyl/N-ethyl adjacent to an activating group) is 1. The molecule has 0 aliphatic rings. The number of ether oxygens (including phenoxy) is 1. The van der Waals surface area contributed by atoms with E-state index in [0.29, 0.717) is 28.4 Å². The molecule has 0 N–H and O–H groups in total. The quantitative estimate of drug-likeness (QED) is 0.476.